The quantitative estimate of drug-likeness (QED) is 0.827. The number of hydrogen-bond acceptors (Lipinski definition) is 1. The van der Waals surface area contributed by atoms with E-state index in [1.165, 1.54) is 29.5 Å². The highest BCUT2D eigenvalue weighted by atomic mass is 35.5. The molecule has 0 saturated carbocycles. The zero-order valence-electron chi connectivity index (χ0n) is 12.5. The second kappa shape index (κ2) is 6.64. The standard InChI is InChI=1S/C19H22ClN/c1-14-6-11-19(18-5-3-2-4-17(14)18)21-13-12-15-7-9-16(20)10-8-15/h2-5,7-10,14,19,21H,6,11-13H2,1H3. The molecule has 0 radical (unpaired) electrons. The van der Waals surface area contributed by atoms with Gasteiger partial charge in [0.2, 0.25) is 0 Å². The Kier molecular flexibility index (Phi) is 4.62. The Labute approximate surface area is 132 Å². The number of halogens is 1. The van der Waals surface area contributed by atoms with Gasteiger partial charge in [-0.25, -0.2) is 0 Å². The van der Waals surface area contributed by atoms with Crippen molar-refractivity contribution in [2.24, 2.45) is 0 Å². The molecule has 1 aliphatic rings. The van der Waals surface area contributed by atoms with Crippen molar-refractivity contribution in [3.63, 3.8) is 0 Å². The summed E-state index contributed by atoms with van der Waals surface area (Å²) in [6.45, 7) is 3.35. The number of nitrogens with one attached hydrogen (secondary N) is 1. The highest BCUT2D eigenvalue weighted by molar-refractivity contribution is 6.30. The van der Waals surface area contributed by atoms with E-state index in [1.807, 2.05) is 12.1 Å². The number of rotatable bonds is 4. The summed E-state index contributed by atoms with van der Waals surface area (Å²) in [7, 11) is 0. The summed E-state index contributed by atoms with van der Waals surface area (Å²) in [6, 6.07) is 17.5. The number of fused-ring (bicyclic) bond motifs is 1. The zero-order valence-corrected chi connectivity index (χ0v) is 13.2. The molecule has 2 unspecified atom stereocenters. The molecule has 2 aromatic carbocycles. The lowest BCUT2D eigenvalue weighted by Crippen LogP contribution is -2.27. The van der Waals surface area contributed by atoms with Crippen molar-refractivity contribution in [2.75, 3.05) is 6.54 Å². The molecular formula is C19H22ClN. The van der Waals surface area contributed by atoms with Crippen LogP contribution in [0.3, 0.4) is 0 Å². The maximum Gasteiger partial charge on any atom is 0.0406 e. The molecule has 0 fully saturated rings. The summed E-state index contributed by atoms with van der Waals surface area (Å²) in [5.74, 6) is 0.690. The van der Waals surface area contributed by atoms with Gasteiger partial charge in [-0.2, -0.15) is 0 Å². The lowest BCUT2D eigenvalue weighted by atomic mass is 9.81. The molecule has 0 bridgehead atoms. The van der Waals surface area contributed by atoms with Crippen LogP contribution in [-0.2, 0) is 6.42 Å². The molecule has 0 saturated heterocycles. The normalized spacial score (nSPS) is 21.0. The molecule has 1 N–H and O–H groups in total. The molecule has 0 aromatic heterocycles. The molecule has 2 heteroatoms. The van der Waals surface area contributed by atoms with Crippen LogP contribution in [-0.4, -0.2) is 6.54 Å². The van der Waals surface area contributed by atoms with Gasteiger partial charge in [0.1, 0.15) is 0 Å². The van der Waals surface area contributed by atoms with Crippen molar-refractivity contribution in [2.45, 2.75) is 38.1 Å². The van der Waals surface area contributed by atoms with Crippen molar-refractivity contribution in [3.8, 4) is 0 Å². The van der Waals surface area contributed by atoms with Gasteiger partial charge in [0.05, 0.1) is 0 Å². The Morgan fingerprint density at radius 2 is 1.71 bits per heavy atom. The molecule has 110 valence electrons. The summed E-state index contributed by atoms with van der Waals surface area (Å²) in [6.07, 6.45) is 3.56. The first-order chi connectivity index (χ1) is 10.2. The molecular weight excluding hydrogens is 278 g/mol. The van der Waals surface area contributed by atoms with Gasteiger partial charge in [-0.3, -0.25) is 0 Å². The average molecular weight is 300 g/mol. The van der Waals surface area contributed by atoms with Crippen LogP contribution in [0.25, 0.3) is 0 Å². The van der Waals surface area contributed by atoms with E-state index in [2.05, 4.69) is 48.6 Å². The van der Waals surface area contributed by atoms with Crippen LogP contribution in [0, 0.1) is 0 Å². The third-order valence-electron chi connectivity index (χ3n) is 4.51. The van der Waals surface area contributed by atoms with E-state index in [-0.39, 0.29) is 0 Å². The van der Waals surface area contributed by atoms with Crippen LogP contribution in [0.2, 0.25) is 5.02 Å². The van der Waals surface area contributed by atoms with Crippen molar-refractivity contribution in [1.29, 1.82) is 0 Å². The lowest BCUT2D eigenvalue weighted by Gasteiger charge is -2.30. The smallest absolute Gasteiger partial charge is 0.0406 e. The van der Waals surface area contributed by atoms with Gasteiger partial charge >= 0.3 is 0 Å². The Morgan fingerprint density at radius 1 is 1.00 bits per heavy atom. The Bertz CT molecular complexity index is 591. The first-order valence-electron chi connectivity index (χ1n) is 7.80. The van der Waals surface area contributed by atoms with E-state index in [4.69, 9.17) is 11.6 Å². The van der Waals surface area contributed by atoms with Gasteiger partial charge in [-0.15, -0.1) is 0 Å². The van der Waals surface area contributed by atoms with Crippen LogP contribution in [0.1, 0.15) is 48.4 Å². The van der Waals surface area contributed by atoms with Gasteiger partial charge in [0, 0.05) is 11.1 Å². The van der Waals surface area contributed by atoms with Crippen LogP contribution in [0.4, 0.5) is 0 Å². The number of hydrogen-bond donors (Lipinski definition) is 1. The molecule has 2 aromatic rings. The summed E-state index contributed by atoms with van der Waals surface area (Å²) >= 11 is 5.92. The third kappa shape index (κ3) is 3.48. The molecule has 2 atom stereocenters. The largest absolute Gasteiger partial charge is 0.310 e. The fourth-order valence-electron chi connectivity index (χ4n) is 3.26. The van der Waals surface area contributed by atoms with E-state index < -0.39 is 0 Å². The maximum absolute atomic E-state index is 5.92. The van der Waals surface area contributed by atoms with Crippen LogP contribution < -0.4 is 5.32 Å². The fourth-order valence-corrected chi connectivity index (χ4v) is 3.38. The summed E-state index contributed by atoms with van der Waals surface area (Å²) < 4.78 is 0. The molecule has 3 rings (SSSR count). The van der Waals surface area contributed by atoms with Crippen molar-refractivity contribution in [3.05, 3.63) is 70.2 Å². The Balaban J connectivity index is 1.61. The molecule has 0 amide bonds. The van der Waals surface area contributed by atoms with Crippen molar-refractivity contribution >= 4 is 11.6 Å². The van der Waals surface area contributed by atoms with E-state index in [0.717, 1.165) is 18.0 Å². The Morgan fingerprint density at radius 3 is 2.48 bits per heavy atom. The summed E-state index contributed by atoms with van der Waals surface area (Å²) in [5.41, 5.74) is 4.35. The minimum atomic E-state index is 0.504. The maximum atomic E-state index is 5.92. The zero-order chi connectivity index (χ0) is 14.7. The monoisotopic (exact) mass is 299 g/mol. The predicted molar refractivity (Wildman–Crippen MR) is 90.0 cm³/mol. The highest BCUT2D eigenvalue weighted by Gasteiger charge is 2.23. The minimum Gasteiger partial charge on any atom is -0.310 e. The van der Waals surface area contributed by atoms with Crippen molar-refractivity contribution in [1.82, 2.24) is 5.32 Å². The first-order valence-corrected chi connectivity index (χ1v) is 8.18. The first kappa shape index (κ1) is 14.6. The molecule has 1 nitrogen and oxygen atoms in total. The van der Waals surface area contributed by atoms with E-state index in [1.54, 1.807) is 0 Å². The van der Waals surface area contributed by atoms with Crippen LogP contribution in [0.15, 0.2) is 48.5 Å². The summed E-state index contributed by atoms with van der Waals surface area (Å²) in [4.78, 5) is 0. The Hall–Kier alpha value is -1.31. The lowest BCUT2D eigenvalue weighted by molar-refractivity contribution is 0.434. The van der Waals surface area contributed by atoms with Gasteiger partial charge in [0.15, 0.2) is 0 Å². The molecule has 1 aliphatic carbocycles. The second-order valence-corrected chi connectivity index (χ2v) is 6.43. The topological polar surface area (TPSA) is 12.0 Å². The SMILES string of the molecule is CC1CCC(NCCc2ccc(Cl)cc2)c2ccccc21. The van der Waals surface area contributed by atoms with Crippen molar-refractivity contribution < 1.29 is 0 Å². The number of benzene rings is 2. The minimum absolute atomic E-state index is 0.504. The second-order valence-electron chi connectivity index (χ2n) is 5.99. The molecule has 0 aliphatic heterocycles. The van der Waals surface area contributed by atoms with Gasteiger partial charge in [0.25, 0.3) is 0 Å². The van der Waals surface area contributed by atoms with E-state index >= 15 is 0 Å². The van der Waals surface area contributed by atoms with Gasteiger partial charge < -0.3 is 5.32 Å². The third-order valence-corrected chi connectivity index (χ3v) is 4.76. The summed E-state index contributed by atoms with van der Waals surface area (Å²) in [5, 5.41) is 4.54. The molecule has 0 heterocycles. The van der Waals surface area contributed by atoms with Gasteiger partial charge in [-0.05, 0) is 60.5 Å². The molecule has 21 heavy (non-hydrogen) atoms. The highest BCUT2D eigenvalue weighted by Crippen LogP contribution is 2.36. The van der Waals surface area contributed by atoms with Crippen LogP contribution >= 0.6 is 11.6 Å². The van der Waals surface area contributed by atoms with E-state index in [9.17, 15) is 0 Å². The fraction of sp³-hybridized carbons (Fsp3) is 0.368. The van der Waals surface area contributed by atoms with Gasteiger partial charge in [-0.1, -0.05) is 54.9 Å². The van der Waals surface area contributed by atoms with Crippen LogP contribution in [0.5, 0.6) is 0 Å². The molecule has 0 spiro atoms. The predicted octanol–water partition coefficient (Wildman–Crippen LogP) is 5.11. The average Bonchev–Trinajstić information content (AvgIpc) is 2.52. The van der Waals surface area contributed by atoms with E-state index in [0.29, 0.717) is 12.0 Å².